The topological polar surface area (TPSA) is 34.4 Å². The number of carbonyl (C=O) groups is 1. The highest BCUT2D eigenvalue weighted by molar-refractivity contribution is 7.10. The maximum atomic E-state index is 12.3. The molecule has 0 amide bonds. The molecule has 4 heteroatoms. The molecule has 3 nitrogen and oxygen atoms in total. The fourth-order valence-electron chi connectivity index (χ4n) is 1.83. The van der Waals surface area contributed by atoms with Crippen LogP contribution in [-0.4, -0.2) is 15.4 Å². The number of hydrogen-bond donors (Lipinski definition) is 0. The van der Waals surface area contributed by atoms with Crippen molar-refractivity contribution in [1.82, 2.24) is 9.61 Å². The first-order valence-corrected chi connectivity index (χ1v) is 6.16. The van der Waals surface area contributed by atoms with E-state index in [4.69, 9.17) is 0 Å². The Hall–Kier alpha value is -1.94. The maximum Gasteiger partial charge on any atom is 0.197 e. The second-order valence-electron chi connectivity index (χ2n) is 3.86. The van der Waals surface area contributed by atoms with Crippen molar-refractivity contribution < 1.29 is 4.79 Å². The van der Waals surface area contributed by atoms with Crippen LogP contribution in [0.25, 0.3) is 5.52 Å². The molecular weight excluding hydrogens is 232 g/mol. The molecule has 0 aliphatic carbocycles. The van der Waals surface area contributed by atoms with Gasteiger partial charge in [-0.05, 0) is 25.1 Å². The molecule has 0 saturated heterocycles. The molecule has 0 aliphatic rings. The third-order valence-electron chi connectivity index (χ3n) is 2.66. The number of nitrogens with zero attached hydrogens (tertiary/aromatic N) is 2. The van der Waals surface area contributed by atoms with Crippen LogP contribution in [0.15, 0.2) is 42.0 Å². The van der Waals surface area contributed by atoms with Gasteiger partial charge >= 0.3 is 0 Å². The normalized spacial score (nSPS) is 10.9. The highest BCUT2D eigenvalue weighted by atomic mass is 32.1. The molecule has 3 aromatic heterocycles. The Morgan fingerprint density at radius 1 is 1.41 bits per heavy atom. The van der Waals surface area contributed by atoms with E-state index in [2.05, 4.69) is 5.10 Å². The third-order valence-corrected chi connectivity index (χ3v) is 3.53. The number of rotatable bonds is 2. The van der Waals surface area contributed by atoms with E-state index in [1.165, 1.54) is 0 Å². The van der Waals surface area contributed by atoms with Gasteiger partial charge in [-0.3, -0.25) is 4.79 Å². The van der Waals surface area contributed by atoms with Crippen LogP contribution in [0.5, 0.6) is 0 Å². The number of aryl methyl sites for hydroxylation is 1. The third kappa shape index (κ3) is 1.66. The number of thiophene rings is 1. The van der Waals surface area contributed by atoms with E-state index in [0.717, 1.165) is 16.0 Å². The standard InChI is InChI=1S/C13H10N2OS/c1-9-6-10(8-17-9)13(16)11-7-14-15-5-3-2-4-12(11)15/h2-8H,1H3. The predicted octanol–water partition coefficient (Wildman–Crippen LogP) is 2.94. The highest BCUT2D eigenvalue weighted by Gasteiger charge is 2.15. The van der Waals surface area contributed by atoms with E-state index in [-0.39, 0.29) is 5.78 Å². The van der Waals surface area contributed by atoms with Gasteiger partial charge in [-0.2, -0.15) is 5.10 Å². The average Bonchev–Trinajstić information content (AvgIpc) is 2.94. The zero-order chi connectivity index (χ0) is 11.8. The lowest BCUT2D eigenvalue weighted by atomic mass is 10.1. The van der Waals surface area contributed by atoms with Crippen LogP contribution in [0, 0.1) is 6.92 Å². The van der Waals surface area contributed by atoms with Crippen molar-refractivity contribution in [1.29, 1.82) is 0 Å². The zero-order valence-electron chi connectivity index (χ0n) is 9.25. The lowest BCUT2D eigenvalue weighted by molar-refractivity contribution is 0.104. The van der Waals surface area contributed by atoms with Gasteiger partial charge in [0, 0.05) is 22.0 Å². The molecule has 0 bridgehead atoms. The molecule has 0 N–H and O–H groups in total. The Kier molecular flexibility index (Phi) is 2.30. The molecule has 0 atom stereocenters. The summed E-state index contributed by atoms with van der Waals surface area (Å²) in [6.07, 6.45) is 3.47. The number of pyridine rings is 1. The Balaban J connectivity index is 2.13. The van der Waals surface area contributed by atoms with E-state index in [1.807, 2.05) is 42.8 Å². The second kappa shape index (κ2) is 3.82. The van der Waals surface area contributed by atoms with Crippen LogP contribution >= 0.6 is 11.3 Å². The van der Waals surface area contributed by atoms with Gasteiger partial charge in [0.1, 0.15) is 0 Å². The van der Waals surface area contributed by atoms with E-state index < -0.39 is 0 Å². The van der Waals surface area contributed by atoms with Crippen molar-refractivity contribution in [3.05, 3.63) is 58.0 Å². The van der Waals surface area contributed by atoms with Crippen molar-refractivity contribution in [2.45, 2.75) is 6.92 Å². The molecule has 3 aromatic rings. The first-order valence-electron chi connectivity index (χ1n) is 5.28. The smallest absolute Gasteiger partial charge is 0.197 e. The van der Waals surface area contributed by atoms with E-state index in [9.17, 15) is 4.79 Å². The lowest BCUT2D eigenvalue weighted by Crippen LogP contribution is -1.98. The second-order valence-corrected chi connectivity index (χ2v) is 4.98. The van der Waals surface area contributed by atoms with Gasteiger partial charge < -0.3 is 0 Å². The van der Waals surface area contributed by atoms with Gasteiger partial charge in [0.2, 0.25) is 0 Å². The molecule has 0 radical (unpaired) electrons. The first-order chi connectivity index (χ1) is 8.25. The minimum atomic E-state index is 0.0375. The quantitative estimate of drug-likeness (QED) is 0.647. The summed E-state index contributed by atoms with van der Waals surface area (Å²) < 4.78 is 1.71. The van der Waals surface area contributed by atoms with E-state index in [1.54, 1.807) is 22.0 Å². The number of hydrogen-bond acceptors (Lipinski definition) is 3. The van der Waals surface area contributed by atoms with Crippen LogP contribution in [0.1, 0.15) is 20.8 Å². The van der Waals surface area contributed by atoms with Crippen molar-refractivity contribution in [3.8, 4) is 0 Å². The van der Waals surface area contributed by atoms with Crippen LogP contribution < -0.4 is 0 Å². The number of aromatic nitrogens is 2. The van der Waals surface area contributed by atoms with Crippen LogP contribution in [0.4, 0.5) is 0 Å². The van der Waals surface area contributed by atoms with E-state index >= 15 is 0 Å². The summed E-state index contributed by atoms with van der Waals surface area (Å²) in [5, 5.41) is 6.06. The minimum absolute atomic E-state index is 0.0375. The minimum Gasteiger partial charge on any atom is -0.288 e. The zero-order valence-corrected chi connectivity index (χ0v) is 10.1. The lowest BCUT2D eigenvalue weighted by Gasteiger charge is -1.95. The summed E-state index contributed by atoms with van der Waals surface area (Å²) in [6.45, 7) is 2.00. The molecular formula is C13H10N2OS. The number of fused-ring (bicyclic) bond motifs is 1. The van der Waals surface area contributed by atoms with Crippen molar-refractivity contribution >= 4 is 22.6 Å². The van der Waals surface area contributed by atoms with Crippen molar-refractivity contribution in [2.75, 3.05) is 0 Å². The largest absolute Gasteiger partial charge is 0.288 e. The van der Waals surface area contributed by atoms with Crippen LogP contribution in [-0.2, 0) is 0 Å². The Labute approximate surface area is 102 Å². The Bertz CT molecular complexity index is 696. The molecule has 3 rings (SSSR count). The van der Waals surface area contributed by atoms with Gasteiger partial charge in [-0.15, -0.1) is 11.3 Å². The summed E-state index contributed by atoms with van der Waals surface area (Å²) in [5.41, 5.74) is 2.25. The molecule has 0 fully saturated rings. The molecule has 3 heterocycles. The Morgan fingerprint density at radius 2 is 2.29 bits per heavy atom. The van der Waals surface area contributed by atoms with Gasteiger partial charge in [-0.1, -0.05) is 6.07 Å². The Morgan fingerprint density at radius 3 is 3.06 bits per heavy atom. The van der Waals surface area contributed by atoms with Crippen molar-refractivity contribution in [3.63, 3.8) is 0 Å². The SMILES string of the molecule is Cc1cc(C(=O)c2cnn3ccccc23)cs1. The van der Waals surface area contributed by atoms with E-state index in [0.29, 0.717) is 5.56 Å². The van der Waals surface area contributed by atoms with Crippen LogP contribution in [0.2, 0.25) is 0 Å². The summed E-state index contributed by atoms with van der Waals surface area (Å²) in [4.78, 5) is 13.4. The first kappa shape index (κ1) is 10.2. The fraction of sp³-hybridized carbons (Fsp3) is 0.0769. The number of carbonyl (C=O) groups excluding carboxylic acids is 1. The molecule has 17 heavy (non-hydrogen) atoms. The predicted molar refractivity (Wildman–Crippen MR) is 67.7 cm³/mol. The average molecular weight is 242 g/mol. The van der Waals surface area contributed by atoms with Crippen molar-refractivity contribution in [2.24, 2.45) is 0 Å². The maximum absolute atomic E-state index is 12.3. The monoisotopic (exact) mass is 242 g/mol. The van der Waals surface area contributed by atoms with Gasteiger partial charge in [0.05, 0.1) is 17.3 Å². The summed E-state index contributed by atoms with van der Waals surface area (Å²) >= 11 is 1.59. The molecule has 0 spiro atoms. The van der Waals surface area contributed by atoms with Crippen LogP contribution in [0.3, 0.4) is 0 Å². The molecule has 0 saturated carbocycles. The van der Waals surface area contributed by atoms with Gasteiger partial charge in [-0.25, -0.2) is 4.52 Å². The number of ketones is 1. The summed E-state index contributed by atoms with van der Waals surface area (Å²) in [6, 6.07) is 7.62. The molecule has 84 valence electrons. The molecule has 0 unspecified atom stereocenters. The van der Waals surface area contributed by atoms with Gasteiger partial charge in [0.25, 0.3) is 0 Å². The molecule has 0 aromatic carbocycles. The summed E-state index contributed by atoms with van der Waals surface area (Å²) in [5.74, 6) is 0.0375. The highest BCUT2D eigenvalue weighted by Crippen LogP contribution is 2.19. The summed E-state index contributed by atoms with van der Waals surface area (Å²) in [7, 11) is 0. The molecule has 0 aliphatic heterocycles. The van der Waals surface area contributed by atoms with Gasteiger partial charge in [0.15, 0.2) is 5.78 Å². The fourth-order valence-corrected chi connectivity index (χ4v) is 2.51.